The summed E-state index contributed by atoms with van der Waals surface area (Å²) < 4.78 is 23.9. The smallest absolute Gasteiger partial charge is 0.257 e. The average Bonchev–Trinajstić information content (AvgIpc) is 3.34. The summed E-state index contributed by atoms with van der Waals surface area (Å²) in [6.45, 7) is 0. The number of nitrogens with zero attached hydrogens (tertiary/aromatic N) is 3. The fraction of sp³-hybridized carbons (Fsp3) is 0.158. The van der Waals surface area contributed by atoms with Crippen LogP contribution in [0.15, 0.2) is 56.6 Å². The Hall–Kier alpha value is -2.91. The summed E-state index contributed by atoms with van der Waals surface area (Å²) in [6, 6.07) is 11.5. The normalized spacial score (nSPS) is 11.1. The lowest BCUT2D eigenvalue weighted by molar-refractivity contribution is -0.116. The van der Waals surface area contributed by atoms with Crippen LogP contribution in [0.4, 0.5) is 10.1 Å². The van der Waals surface area contributed by atoms with Gasteiger partial charge in [0.05, 0.1) is 10.8 Å². The zero-order valence-corrected chi connectivity index (χ0v) is 16.5. The highest BCUT2D eigenvalue weighted by molar-refractivity contribution is 7.98. The number of thioether (sulfide) groups is 1. The van der Waals surface area contributed by atoms with E-state index >= 15 is 0 Å². The summed E-state index contributed by atoms with van der Waals surface area (Å²) in [4.78, 5) is 20.7. The van der Waals surface area contributed by atoms with Crippen molar-refractivity contribution in [3.05, 3.63) is 65.0 Å². The number of oxazole rings is 1. The van der Waals surface area contributed by atoms with Crippen LogP contribution in [0.25, 0.3) is 11.1 Å². The monoisotopic (exact) mass is 432 g/mol. The summed E-state index contributed by atoms with van der Waals surface area (Å²) in [7, 11) is 0. The first-order chi connectivity index (χ1) is 14.1. The maximum absolute atomic E-state index is 13.1. The largest absolute Gasteiger partial charge is 0.431 e. The van der Waals surface area contributed by atoms with Gasteiger partial charge in [-0.25, -0.2) is 9.37 Å². The number of carbonyl (C=O) groups is 1. The molecule has 0 aliphatic carbocycles. The molecule has 4 aromatic rings. The minimum absolute atomic E-state index is 0.0548. The molecule has 1 amide bonds. The number of nitrogens with one attached hydrogen (secondary N) is 1. The second kappa shape index (κ2) is 8.62. The number of benzene rings is 2. The number of hydrogen-bond donors (Lipinski definition) is 1. The van der Waals surface area contributed by atoms with Crippen LogP contribution in [0.1, 0.15) is 18.1 Å². The van der Waals surface area contributed by atoms with Crippen molar-refractivity contribution in [3.63, 3.8) is 0 Å². The number of fused-ring (bicyclic) bond motifs is 1. The third-order valence-electron chi connectivity index (χ3n) is 3.88. The molecule has 0 aliphatic heterocycles. The topological polar surface area (TPSA) is 94.0 Å². The Balaban J connectivity index is 1.27. The first kappa shape index (κ1) is 19.4. The van der Waals surface area contributed by atoms with Gasteiger partial charge >= 0.3 is 0 Å². The lowest BCUT2D eigenvalue weighted by Crippen LogP contribution is -2.12. The number of anilines is 1. The second-order valence-electron chi connectivity index (χ2n) is 6.02. The van der Waals surface area contributed by atoms with E-state index in [1.54, 1.807) is 0 Å². The molecule has 10 heteroatoms. The van der Waals surface area contributed by atoms with Crippen LogP contribution in [-0.4, -0.2) is 21.0 Å². The standard InChI is InChI=1S/C19H14ClFN4O3S/c20-12-9-11(5-6-13(12)21)22-17(26)7-8-18-24-16(25-28-18)10-29-19-23-14-3-1-2-4-15(14)27-19/h1-6,9H,7-8,10H2,(H,22,26). The summed E-state index contributed by atoms with van der Waals surface area (Å²) in [5, 5.41) is 7.01. The molecule has 0 fully saturated rings. The highest BCUT2D eigenvalue weighted by Gasteiger charge is 2.12. The van der Waals surface area contributed by atoms with E-state index in [0.29, 0.717) is 28.4 Å². The molecule has 7 nitrogen and oxygen atoms in total. The molecule has 0 spiro atoms. The molecule has 1 N–H and O–H groups in total. The molecule has 0 bridgehead atoms. The number of halogens is 2. The Morgan fingerprint density at radius 1 is 1.21 bits per heavy atom. The predicted molar refractivity (Wildman–Crippen MR) is 106 cm³/mol. The molecular weight excluding hydrogens is 419 g/mol. The maximum atomic E-state index is 13.1. The third-order valence-corrected chi connectivity index (χ3v) is 4.99. The number of amides is 1. The second-order valence-corrected chi connectivity index (χ2v) is 7.35. The van der Waals surface area contributed by atoms with Crippen molar-refractivity contribution in [2.45, 2.75) is 23.8 Å². The minimum Gasteiger partial charge on any atom is -0.431 e. The number of aromatic nitrogens is 3. The van der Waals surface area contributed by atoms with E-state index in [0.717, 1.165) is 11.1 Å². The van der Waals surface area contributed by atoms with Gasteiger partial charge in [0.25, 0.3) is 5.22 Å². The molecular formula is C19H14ClFN4O3S. The first-order valence-corrected chi connectivity index (χ1v) is 9.98. The Labute approximate surface area is 173 Å². The zero-order valence-electron chi connectivity index (χ0n) is 14.9. The highest BCUT2D eigenvalue weighted by Crippen LogP contribution is 2.25. The van der Waals surface area contributed by atoms with Crippen molar-refractivity contribution in [3.8, 4) is 0 Å². The van der Waals surface area contributed by atoms with Crippen LogP contribution >= 0.6 is 23.4 Å². The molecule has 0 saturated heterocycles. The molecule has 2 aromatic heterocycles. The maximum Gasteiger partial charge on any atom is 0.257 e. The van der Waals surface area contributed by atoms with Crippen LogP contribution in [-0.2, 0) is 17.0 Å². The number of rotatable bonds is 7. The van der Waals surface area contributed by atoms with Gasteiger partial charge in [0, 0.05) is 18.5 Å². The van der Waals surface area contributed by atoms with Gasteiger partial charge in [0.15, 0.2) is 11.4 Å². The number of hydrogen-bond acceptors (Lipinski definition) is 7. The first-order valence-electron chi connectivity index (χ1n) is 8.61. The summed E-state index contributed by atoms with van der Waals surface area (Å²) in [5.74, 6) is 0.451. The van der Waals surface area contributed by atoms with Crippen LogP contribution in [0, 0.1) is 5.82 Å². The van der Waals surface area contributed by atoms with Crippen molar-refractivity contribution in [1.29, 1.82) is 0 Å². The molecule has 2 aromatic carbocycles. The predicted octanol–water partition coefficient (Wildman–Crippen LogP) is 4.87. The molecule has 0 radical (unpaired) electrons. The average molecular weight is 433 g/mol. The molecule has 0 unspecified atom stereocenters. The van der Waals surface area contributed by atoms with Crippen molar-refractivity contribution >= 4 is 46.1 Å². The summed E-state index contributed by atoms with van der Waals surface area (Å²) in [6.07, 6.45) is 0.413. The Morgan fingerprint density at radius 2 is 2.07 bits per heavy atom. The fourth-order valence-electron chi connectivity index (χ4n) is 2.51. The van der Waals surface area contributed by atoms with Crippen LogP contribution in [0.3, 0.4) is 0 Å². The lowest BCUT2D eigenvalue weighted by Gasteiger charge is -2.04. The Morgan fingerprint density at radius 3 is 2.90 bits per heavy atom. The van der Waals surface area contributed by atoms with Crippen molar-refractivity contribution in [1.82, 2.24) is 15.1 Å². The van der Waals surface area contributed by atoms with E-state index in [1.807, 2.05) is 24.3 Å². The summed E-state index contributed by atoms with van der Waals surface area (Å²) in [5.41, 5.74) is 1.93. The Bertz CT molecular complexity index is 1130. The van der Waals surface area contributed by atoms with Crippen LogP contribution in [0.2, 0.25) is 5.02 Å². The zero-order chi connectivity index (χ0) is 20.2. The molecule has 0 atom stereocenters. The SMILES string of the molecule is O=C(CCc1nc(CSc2nc3ccccc3o2)no1)Nc1ccc(F)c(Cl)c1. The third kappa shape index (κ3) is 4.93. The van der Waals surface area contributed by atoms with E-state index in [1.165, 1.54) is 30.0 Å². The Kier molecular flexibility index (Phi) is 5.77. The highest BCUT2D eigenvalue weighted by atomic mass is 35.5. The number of para-hydroxylation sites is 2. The van der Waals surface area contributed by atoms with Crippen LogP contribution in [0.5, 0.6) is 0 Å². The van der Waals surface area contributed by atoms with E-state index in [9.17, 15) is 9.18 Å². The molecule has 148 valence electrons. The minimum atomic E-state index is -0.543. The van der Waals surface area contributed by atoms with Crippen molar-refractivity contribution in [2.24, 2.45) is 0 Å². The van der Waals surface area contributed by atoms with Gasteiger partial charge in [-0.2, -0.15) is 4.98 Å². The van der Waals surface area contributed by atoms with Gasteiger partial charge in [-0.15, -0.1) is 0 Å². The molecule has 29 heavy (non-hydrogen) atoms. The molecule has 2 heterocycles. The molecule has 4 rings (SSSR count). The van der Waals surface area contributed by atoms with Crippen molar-refractivity contribution in [2.75, 3.05) is 5.32 Å². The van der Waals surface area contributed by atoms with E-state index in [4.69, 9.17) is 20.5 Å². The van der Waals surface area contributed by atoms with Crippen LogP contribution < -0.4 is 5.32 Å². The van der Waals surface area contributed by atoms with E-state index in [-0.39, 0.29) is 23.8 Å². The number of carbonyl (C=O) groups excluding carboxylic acids is 1. The lowest BCUT2D eigenvalue weighted by atomic mass is 10.2. The van der Waals surface area contributed by atoms with Gasteiger partial charge in [0.1, 0.15) is 11.3 Å². The van der Waals surface area contributed by atoms with Gasteiger partial charge in [-0.3, -0.25) is 4.79 Å². The molecule has 0 aliphatic rings. The fourth-order valence-corrected chi connectivity index (χ4v) is 3.37. The molecule has 0 saturated carbocycles. The van der Waals surface area contributed by atoms with Gasteiger partial charge in [-0.05, 0) is 30.3 Å². The number of aryl methyl sites for hydroxylation is 1. The van der Waals surface area contributed by atoms with Gasteiger partial charge < -0.3 is 14.3 Å². The quantitative estimate of drug-likeness (QED) is 0.416. The summed E-state index contributed by atoms with van der Waals surface area (Å²) >= 11 is 7.05. The van der Waals surface area contributed by atoms with Gasteiger partial charge in [-0.1, -0.05) is 40.7 Å². The van der Waals surface area contributed by atoms with E-state index in [2.05, 4.69) is 20.4 Å². The van der Waals surface area contributed by atoms with E-state index < -0.39 is 5.82 Å². The van der Waals surface area contributed by atoms with Crippen molar-refractivity contribution < 1.29 is 18.1 Å². The van der Waals surface area contributed by atoms with Gasteiger partial charge in [0.2, 0.25) is 11.8 Å².